The maximum absolute atomic E-state index is 5.53. The van der Waals surface area contributed by atoms with Crippen LogP contribution in [0, 0.1) is 0 Å². The molecule has 0 bridgehead atoms. The summed E-state index contributed by atoms with van der Waals surface area (Å²) in [5.41, 5.74) is 0. The molecule has 1 aromatic rings. The molecule has 84 valence electrons. The molecule has 0 radical (unpaired) electrons. The van der Waals surface area contributed by atoms with Crippen molar-refractivity contribution in [3.8, 4) is 0 Å². The SMILES string of the molecule is CNCc1nnc(N(C)C2CCSC2)o1. The van der Waals surface area contributed by atoms with Gasteiger partial charge in [-0.2, -0.15) is 11.8 Å². The molecule has 0 amide bonds. The molecule has 1 aliphatic rings. The van der Waals surface area contributed by atoms with Gasteiger partial charge in [0.25, 0.3) is 0 Å². The largest absolute Gasteiger partial charge is 0.407 e. The van der Waals surface area contributed by atoms with Gasteiger partial charge in [0.05, 0.1) is 6.54 Å². The Balaban J connectivity index is 2.00. The van der Waals surface area contributed by atoms with Crippen molar-refractivity contribution in [3.05, 3.63) is 5.89 Å². The first-order chi connectivity index (χ1) is 7.31. The van der Waals surface area contributed by atoms with Crippen LogP contribution in [0.1, 0.15) is 12.3 Å². The molecule has 1 saturated heterocycles. The summed E-state index contributed by atoms with van der Waals surface area (Å²) in [5.74, 6) is 3.03. The van der Waals surface area contributed by atoms with E-state index in [-0.39, 0.29) is 0 Å². The highest BCUT2D eigenvalue weighted by molar-refractivity contribution is 7.99. The van der Waals surface area contributed by atoms with Crippen LogP contribution in [0.15, 0.2) is 4.42 Å². The van der Waals surface area contributed by atoms with E-state index in [2.05, 4.69) is 20.4 Å². The third kappa shape index (κ3) is 2.43. The second-order valence-electron chi connectivity index (χ2n) is 3.64. The zero-order valence-electron chi connectivity index (χ0n) is 9.06. The summed E-state index contributed by atoms with van der Waals surface area (Å²) in [6, 6.07) is 1.17. The van der Waals surface area contributed by atoms with E-state index in [1.165, 1.54) is 12.2 Å². The van der Waals surface area contributed by atoms with E-state index in [1.54, 1.807) is 0 Å². The van der Waals surface area contributed by atoms with Gasteiger partial charge in [-0.3, -0.25) is 0 Å². The Morgan fingerprint density at radius 2 is 2.47 bits per heavy atom. The fourth-order valence-corrected chi connectivity index (χ4v) is 2.86. The second-order valence-corrected chi connectivity index (χ2v) is 4.79. The molecule has 1 aromatic heterocycles. The van der Waals surface area contributed by atoms with Gasteiger partial charge in [0.15, 0.2) is 0 Å². The zero-order chi connectivity index (χ0) is 10.7. The highest BCUT2D eigenvalue weighted by atomic mass is 32.2. The van der Waals surface area contributed by atoms with Crippen LogP contribution in [0.5, 0.6) is 0 Å². The molecule has 2 rings (SSSR count). The molecule has 15 heavy (non-hydrogen) atoms. The lowest BCUT2D eigenvalue weighted by atomic mass is 10.2. The zero-order valence-corrected chi connectivity index (χ0v) is 9.88. The lowest BCUT2D eigenvalue weighted by Gasteiger charge is -2.20. The molecule has 1 atom stereocenters. The maximum atomic E-state index is 5.53. The Kier molecular flexibility index (Phi) is 3.48. The van der Waals surface area contributed by atoms with Crippen molar-refractivity contribution in [2.75, 3.05) is 30.5 Å². The fraction of sp³-hybridized carbons (Fsp3) is 0.778. The molecular weight excluding hydrogens is 212 g/mol. The number of thioether (sulfide) groups is 1. The van der Waals surface area contributed by atoms with Crippen LogP contribution >= 0.6 is 11.8 Å². The van der Waals surface area contributed by atoms with Crippen molar-refractivity contribution in [1.82, 2.24) is 15.5 Å². The van der Waals surface area contributed by atoms with Crippen LogP contribution in [-0.2, 0) is 6.54 Å². The normalized spacial score (nSPS) is 20.8. The number of nitrogens with one attached hydrogen (secondary N) is 1. The predicted octanol–water partition coefficient (Wildman–Crippen LogP) is 0.731. The first-order valence-corrected chi connectivity index (χ1v) is 6.24. The Hall–Kier alpha value is -0.750. The molecule has 0 saturated carbocycles. The lowest BCUT2D eigenvalue weighted by Crippen LogP contribution is -2.31. The van der Waals surface area contributed by atoms with E-state index in [4.69, 9.17) is 4.42 Å². The van der Waals surface area contributed by atoms with Crippen LogP contribution < -0.4 is 10.2 Å². The molecule has 0 spiro atoms. The van der Waals surface area contributed by atoms with E-state index in [9.17, 15) is 0 Å². The minimum atomic E-state index is 0.540. The van der Waals surface area contributed by atoms with Crippen molar-refractivity contribution >= 4 is 17.8 Å². The van der Waals surface area contributed by atoms with Crippen molar-refractivity contribution in [3.63, 3.8) is 0 Å². The summed E-state index contributed by atoms with van der Waals surface area (Å²) in [7, 11) is 3.88. The van der Waals surface area contributed by atoms with Gasteiger partial charge in [-0.15, -0.1) is 5.10 Å². The molecule has 1 unspecified atom stereocenters. The molecular formula is C9H16N4OS. The lowest BCUT2D eigenvalue weighted by molar-refractivity contribution is 0.466. The maximum Gasteiger partial charge on any atom is 0.318 e. The highest BCUT2D eigenvalue weighted by Crippen LogP contribution is 2.24. The van der Waals surface area contributed by atoms with Crippen molar-refractivity contribution in [1.29, 1.82) is 0 Å². The van der Waals surface area contributed by atoms with Gasteiger partial charge in [0, 0.05) is 18.8 Å². The molecule has 1 N–H and O–H groups in total. The van der Waals surface area contributed by atoms with E-state index in [0.29, 0.717) is 24.5 Å². The Morgan fingerprint density at radius 3 is 3.13 bits per heavy atom. The molecule has 2 heterocycles. The second kappa shape index (κ2) is 4.85. The third-order valence-corrected chi connectivity index (χ3v) is 3.68. The van der Waals surface area contributed by atoms with Crippen LogP contribution in [0.25, 0.3) is 0 Å². The van der Waals surface area contributed by atoms with Gasteiger partial charge in [-0.1, -0.05) is 5.10 Å². The number of aromatic nitrogens is 2. The van der Waals surface area contributed by atoms with Crippen LogP contribution in [0.3, 0.4) is 0 Å². The first kappa shape index (κ1) is 10.8. The van der Waals surface area contributed by atoms with E-state index in [0.717, 1.165) is 5.75 Å². The fourth-order valence-electron chi connectivity index (χ4n) is 1.59. The van der Waals surface area contributed by atoms with Crippen LogP contribution in [0.4, 0.5) is 6.01 Å². The smallest absolute Gasteiger partial charge is 0.318 e. The van der Waals surface area contributed by atoms with E-state index < -0.39 is 0 Å². The van der Waals surface area contributed by atoms with Gasteiger partial charge in [-0.25, -0.2) is 0 Å². The van der Waals surface area contributed by atoms with Crippen LogP contribution in [0.2, 0.25) is 0 Å². The predicted molar refractivity (Wildman–Crippen MR) is 61.2 cm³/mol. The Morgan fingerprint density at radius 1 is 1.60 bits per heavy atom. The Bertz CT molecular complexity index is 311. The number of nitrogens with zero attached hydrogens (tertiary/aromatic N) is 3. The third-order valence-electron chi connectivity index (χ3n) is 2.54. The quantitative estimate of drug-likeness (QED) is 0.820. The molecule has 0 aromatic carbocycles. The number of rotatable bonds is 4. The van der Waals surface area contributed by atoms with E-state index in [1.807, 2.05) is 25.9 Å². The number of hydrogen-bond acceptors (Lipinski definition) is 6. The molecule has 6 heteroatoms. The van der Waals surface area contributed by atoms with Crippen molar-refractivity contribution in [2.24, 2.45) is 0 Å². The number of anilines is 1. The average Bonchev–Trinajstić information content (AvgIpc) is 2.87. The summed E-state index contributed by atoms with van der Waals surface area (Å²) >= 11 is 1.98. The van der Waals surface area contributed by atoms with Crippen molar-refractivity contribution < 1.29 is 4.42 Å². The minimum absolute atomic E-state index is 0.540. The van der Waals surface area contributed by atoms with Gasteiger partial charge in [0.1, 0.15) is 0 Å². The van der Waals surface area contributed by atoms with Gasteiger partial charge < -0.3 is 14.6 Å². The highest BCUT2D eigenvalue weighted by Gasteiger charge is 2.23. The topological polar surface area (TPSA) is 54.2 Å². The molecule has 5 nitrogen and oxygen atoms in total. The monoisotopic (exact) mass is 228 g/mol. The van der Waals surface area contributed by atoms with E-state index >= 15 is 0 Å². The number of hydrogen-bond donors (Lipinski definition) is 1. The van der Waals surface area contributed by atoms with Gasteiger partial charge >= 0.3 is 6.01 Å². The summed E-state index contributed by atoms with van der Waals surface area (Å²) in [5, 5.41) is 11.0. The van der Waals surface area contributed by atoms with Gasteiger partial charge in [-0.05, 0) is 19.2 Å². The summed E-state index contributed by atoms with van der Waals surface area (Å²) < 4.78 is 5.53. The summed E-state index contributed by atoms with van der Waals surface area (Å²) in [6.07, 6.45) is 1.20. The Labute approximate surface area is 93.6 Å². The summed E-state index contributed by atoms with van der Waals surface area (Å²) in [6.45, 7) is 0.625. The average molecular weight is 228 g/mol. The first-order valence-electron chi connectivity index (χ1n) is 5.09. The molecule has 1 aliphatic heterocycles. The summed E-state index contributed by atoms with van der Waals surface area (Å²) in [4.78, 5) is 2.09. The van der Waals surface area contributed by atoms with Crippen molar-refractivity contribution in [2.45, 2.75) is 19.0 Å². The van der Waals surface area contributed by atoms with Crippen LogP contribution in [-0.4, -0.2) is 41.8 Å². The van der Waals surface area contributed by atoms with Gasteiger partial charge in [0.2, 0.25) is 5.89 Å². The molecule has 0 aliphatic carbocycles. The standard InChI is InChI=1S/C9H16N4OS/c1-10-5-8-11-12-9(14-8)13(2)7-3-4-15-6-7/h7,10H,3-6H2,1-2H3. The minimum Gasteiger partial charge on any atom is -0.407 e. The molecule has 1 fully saturated rings.